The van der Waals surface area contributed by atoms with Gasteiger partial charge in [-0.3, -0.25) is 4.98 Å². The topological polar surface area (TPSA) is 75.4 Å². The first-order valence-corrected chi connectivity index (χ1v) is 5.55. The lowest BCUT2D eigenvalue weighted by Crippen LogP contribution is -1.99. The molecule has 0 spiro atoms. The number of carboxylic acid groups (broad SMARTS) is 1. The summed E-state index contributed by atoms with van der Waals surface area (Å²) in [6, 6.07) is 5.30. The van der Waals surface area contributed by atoms with E-state index < -0.39 is 5.97 Å². The Balaban J connectivity index is 2.06. The van der Waals surface area contributed by atoms with Crippen LogP contribution in [0.1, 0.15) is 27.6 Å². The number of pyridine rings is 1. The average Bonchev–Trinajstić information content (AvgIpc) is 2.68. The first-order valence-electron chi connectivity index (χ1n) is 5.55. The Hall–Kier alpha value is -2.30. The van der Waals surface area contributed by atoms with Crippen LogP contribution >= 0.6 is 0 Å². The Bertz CT molecular complexity index is 575. The molecule has 0 fully saturated rings. The Morgan fingerprint density at radius 1 is 1.44 bits per heavy atom. The quantitative estimate of drug-likeness (QED) is 0.867. The second-order valence-corrected chi connectivity index (χ2v) is 4.03. The van der Waals surface area contributed by atoms with E-state index in [9.17, 15) is 4.79 Å². The molecule has 0 amide bonds. The molecule has 0 bridgehead atoms. The zero-order chi connectivity index (χ0) is 13.1. The number of rotatable bonds is 4. The van der Waals surface area contributed by atoms with Crippen molar-refractivity contribution < 1.29 is 14.3 Å². The van der Waals surface area contributed by atoms with Crippen molar-refractivity contribution in [1.82, 2.24) is 4.98 Å². The third-order valence-electron chi connectivity index (χ3n) is 2.56. The maximum atomic E-state index is 10.9. The second kappa shape index (κ2) is 4.91. The normalized spacial score (nSPS) is 10.3. The highest BCUT2D eigenvalue weighted by Gasteiger charge is 2.13. The summed E-state index contributed by atoms with van der Waals surface area (Å²) in [5.41, 5.74) is 2.05. The summed E-state index contributed by atoms with van der Waals surface area (Å²) in [4.78, 5) is 15.0. The Kier molecular flexibility index (Phi) is 3.32. The molecule has 0 aromatic carbocycles. The number of carbonyl (C=O) groups is 1. The molecule has 0 aliphatic rings. The summed E-state index contributed by atoms with van der Waals surface area (Å²) in [7, 11) is 0. The molecular weight excluding hydrogens is 232 g/mol. The van der Waals surface area contributed by atoms with Crippen LogP contribution in [0.25, 0.3) is 0 Å². The van der Waals surface area contributed by atoms with Crippen LogP contribution in [0.5, 0.6) is 0 Å². The van der Waals surface area contributed by atoms with E-state index >= 15 is 0 Å². The lowest BCUT2D eigenvalue weighted by Gasteiger charge is -2.04. The molecule has 94 valence electrons. The van der Waals surface area contributed by atoms with Gasteiger partial charge in [-0.2, -0.15) is 0 Å². The predicted octanol–water partition coefficient (Wildman–Crippen LogP) is 2.60. The fourth-order valence-electron chi connectivity index (χ4n) is 1.69. The van der Waals surface area contributed by atoms with E-state index in [-0.39, 0.29) is 5.56 Å². The van der Waals surface area contributed by atoms with Gasteiger partial charge in [-0.25, -0.2) is 4.79 Å². The highest BCUT2D eigenvalue weighted by molar-refractivity contribution is 5.88. The molecule has 5 nitrogen and oxygen atoms in total. The molecule has 2 rings (SSSR count). The number of furan rings is 1. The van der Waals surface area contributed by atoms with Gasteiger partial charge >= 0.3 is 5.97 Å². The number of hydrogen-bond acceptors (Lipinski definition) is 4. The van der Waals surface area contributed by atoms with E-state index in [0.29, 0.717) is 18.1 Å². The molecule has 2 aromatic heterocycles. The fraction of sp³-hybridized carbons (Fsp3) is 0.231. The minimum atomic E-state index is -0.970. The largest absolute Gasteiger partial charge is 0.478 e. The Labute approximate surface area is 104 Å². The standard InChI is InChI=1S/C13H14N2O3/c1-8-5-10(3-4-14-8)15-7-11-6-12(13(16)17)9(2)18-11/h3-6H,7H2,1-2H3,(H,14,15)(H,16,17). The van der Waals surface area contributed by atoms with E-state index in [2.05, 4.69) is 10.3 Å². The highest BCUT2D eigenvalue weighted by atomic mass is 16.4. The zero-order valence-electron chi connectivity index (χ0n) is 10.2. The van der Waals surface area contributed by atoms with Crippen molar-refractivity contribution in [2.24, 2.45) is 0 Å². The molecule has 5 heteroatoms. The summed E-state index contributed by atoms with van der Waals surface area (Å²) in [6.45, 7) is 3.99. The summed E-state index contributed by atoms with van der Waals surface area (Å²) in [5.74, 6) is 0.0480. The van der Waals surface area contributed by atoms with Gasteiger partial charge in [0.2, 0.25) is 0 Å². The minimum absolute atomic E-state index is 0.206. The number of aromatic carboxylic acids is 1. The first-order chi connectivity index (χ1) is 8.56. The van der Waals surface area contributed by atoms with Crippen molar-refractivity contribution in [3.05, 3.63) is 47.2 Å². The van der Waals surface area contributed by atoms with Gasteiger partial charge in [-0.05, 0) is 32.0 Å². The number of nitrogens with zero attached hydrogens (tertiary/aromatic N) is 1. The molecule has 0 radical (unpaired) electrons. The smallest absolute Gasteiger partial charge is 0.339 e. The maximum absolute atomic E-state index is 10.9. The third-order valence-corrected chi connectivity index (χ3v) is 2.56. The number of aryl methyl sites for hydroxylation is 2. The van der Waals surface area contributed by atoms with Crippen molar-refractivity contribution in [3.63, 3.8) is 0 Å². The number of anilines is 1. The van der Waals surface area contributed by atoms with Gasteiger partial charge in [-0.15, -0.1) is 0 Å². The molecular formula is C13H14N2O3. The van der Waals surface area contributed by atoms with E-state index in [1.165, 1.54) is 0 Å². The van der Waals surface area contributed by atoms with Gasteiger partial charge in [0.15, 0.2) is 0 Å². The van der Waals surface area contributed by atoms with Gasteiger partial charge < -0.3 is 14.8 Å². The predicted molar refractivity (Wildman–Crippen MR) is 66.7 cm³/mol. The van der Waals surface area contributed by atoms with Gasteiger partial charge in [-0.1, -0.05) is 0 Å². The maximum Gasteiger partial charge on any atom is 0.339 e. The molecule has 2 N–H and O–H groups in total. The van der Waals surface area contributed by atoms with Crippen LogP contribution < -0.4 is 5.32 Å². The first kappa shape index (κ1) is 12.2. The van der Waals surface area contributed by atoms with Crippen LogP contribution in [0.2, 0.25) is 0 Å². The van der Waals surface area contributed by atoms with E-state index in [4.69, 9.17) is 9.52 Å². The van der Waals surface area contributed by atoms with Crippen LogP contribution in [0.4, 0.5) is 5.69 Å². The third kappa shape index (κ3) is 2.68. The van der Waals surface area contributed by atoms with Crippen LogP contribution in [0, 0.1) is 13.8 Å². The summed E-state index contributed by atoms with van der Waals surface area (Å²) in [6.07, 6.45) is 1.72. The van der Waals surface area contributed by atoms with Crippen LogP contribution in [-0.2, 0) is 6.54 Å². The van der Waals surface area contributed by atoms with E-state index in [0.717, 1.165) is 11.4 Å². The molecule has 0 aliphatic carbocycles. The van der Waals surface area contributed by atoms with Crippen molar-refractivity contribution in [1.29, 1.82) is 0 Å². The van der Waals surface area contributed by atoms with E-state index in [1.807, 2.05) is 19.1 Å². The van der Waals surface area contributed by atoms with Gasteiger partial charge in [0.05, 0.1) is 6.54 Å². The number of nitrogens with one attached hydrogen (secondary N) is 1. The van der Waals surface area contributed by atoms with Crippen LogP contribution in [-0.4, -0.2) is 16.1 Å². The molecule has 18 heavy (non-hydrogen) atoms. The van der Waals surface area contributed by atoms with E-state index in [1.54, 1.807) is 19.2 Å². The van der Waals surface area contributed by atoms with Crippen molar-refractivity contribution in [2.75, 3.05) is 5.32 Å². The van der Waals surface area contributed by atoms with Crippen LogP contribution in [0.3, 0.4) is 0 Å². The summed E-state index contributed by atoms with van der Waals surface area (Å²) >= 11 is 0. The second-order valence-electron chi connectivity index (χ2n) is 4.03. The van der Waals surface area contributed by atoms with Crippen molar-refractivity contribution in [2.45, 2.75) is 20.4 Å². The summed E-state index contributed by atoms with van der Waals surface area (Å²) < 4.78 is 5.37. The molecule has 0 saturated carbocycles. The Morgan fingerprint density at radius 2 is 2.22 bits per heavy atom. The zero-order valence-corrected chi connectivity index (χ0v) is 10.2. The molecule has 0 aliphatic heterocycles. The minimum Gasteiger partial charge on any atom is -0.478 e. The average molecular weight is 246 g/mol. The summed E-state index contributed by atoms with van der Waals surface area (Å²) in [5, 5.41) is 12.1. The monoisotopic (exact) mass is 246 g/mol. The number of hydrogen-bond donors (Lipinski definition) is 2. The molecule has 0 unspecified atom stereocenters. The van der Waals surface area contributed by atoms with Gasteiger partial charge in [0.1, 0.15) is 17.1 Å². The molecule has 0 atom stereocenters. The fourth-order valence-corrected chi connectivity index (χ4v) is 1.69. The Morgan fingerprint density at radius 3 is 2.83 bits per heavy atom. The van der Waals surface area contributed by atoms with Crippen molar-refractivity contribution in [3.8, 4) is 0 Å². The lowest BCUT2D eigenvalue weighted by molar-refractivity contribution is 0.0695. The number of carboxylic acids is 1. The van der Waals surface area contributed by atoms with Crippen LogP contribution in [0.15, 0.2) is 28.8 Å². The van der Waals surface area contributed by atoms with Crippen molar-refractivity contribution >= 4 is 11.7 Å². The SMILES string of the molecule is Cc1cc(NCc2cc(C(=O)O)c(C)o2)ccn1. The molecule has 2 heterocycles. The van der Waals surface area contributed by atoms with Gasteiger partial charge in [0.25, 0.3) is 0 Å². The number of aromatic nitrogens is 1. The lowest BCUT2D eigenvalue weighted by atomic mass is 10.2. The molecule has 2 aromatic rings. The molecule has 0 saturated heterocycles. The highest BCUT2D eigenvalue weighted by Crippen LogP contribution is 2.16. The van der Waals surface area contributed by atoms with Gasteiger partial charge in [0, 0.05) is 17.6 Å².